The van der Waals surface area contributed by atoms with Crippen molar-refractivity contribution in [1.82, 2.24) is 10.2 Å². The first-order chi connectivity index (χ1) is 7.22. The SMILES string of the molecule is CCNCCCCCCN(CC)C(C)C. The predicted octanol–water partition coefficient (Wildman–Crippen LogP) is 2.89. The molecule has 0 bridgehead atoms. The fraction of sp³-hybridized carbons (Fsp3) is 1.00. The lowest BCUT2D eigenvalue weighted by atomic mass is 10.1. The normalized spacial score (nSPS) is 11.6. The van der Waals surface area contributed by atoms with E-state index >= 15 is 0 Å². The van der Waals surface area contributed by atoms with E-state index in [9.17, 15) is 0 Å². The van der Waals surface area contributed by atoms with Crippen LogP contribution in [-0.4, -0.2) is 37.1 Å². The molecule has 2 heteroatoms. The number of nitrogens with zero attached hydrogens (tertiary/aromatic N) is 1. The zero-order valence-corrected chi connectivity index (χ0v) is 11.2. The molecule has 0 rings (SSSR count). The summed E-state index contributed by atoms with van der Waals surface area (Å²) in [5, 5.41) is 3.37. The Hall–Kier alpha value is -0.0800. The Labute approximate surface area is 96.4 Å². The fourth-order valence-corrected chi connectivity index (χ4v) is 1.88. The summed E-state index contributed by atoms with van der Waals surface area (Å²) in [6.07, 6.45) is 5.46. The van der Waals surface area contributed by atoms with E-state index in [-0.39, 0.29) is 0 Å². The number of unbranched alkanes of at least 4 members (excludes halogenated alkanes) is 3. The molecule has 0 unspecified atom stereocenters. The van der Waals surface area contributed by atoms with Gasteiger partial charge in [-0.05, 0) is 52.9 Å². The van der Waals surface area contributed by atoms with Crippen LogP contribution in [0, 0.1) is 0 Å². The van der Waals surface area contributed by atoms with Crippen molar-refractivity contribution in [3.05, 3.63) is 0 Å². The maximum absolute atomic E-state index is 3.37. The predicted molar refractivity (Wildman–Crippen MR) is 69.4 cm³/mol. The summed E-state index contributed by atoms with van der Waals surface area (Å²) in [6, 6.07) is 0.705. The van der Waals surface area contributed by atoms with Crippen LogP contribution in [0.15, 0.2) is 0 Å². The summed E-state index contributed by atoms with van der Waals surface area (Å²) in [4.78, 5) is 2.55. The van der Waals surface area contributed by atoms with Crippen LogP contribution in [-0.2, 0) is 0 Å². The van der Waals surface area contributed by atoms with Gasteiger partial charge in [0.15, 0.2) is 0 Å². The minimum atomic E-state index is 0.705. The second kappa shape index (κ2) is 10.4. The highest BCUT2D eigenvalue weighted by atomic mass is 15.1. The molecule has 0 heterocycles. The van der Waals surface area contributed by atoms with Gasteiger partial charge in [0.1, 0.15) is 0 Å². The number of nitrogens with one attached hydrogen (secondary N) is 1. The van der Waals surface area contributed by atoms with Gasteiger partial charge in [0, 0.05) is 6.04 Å². The standard InChI is InChI=1S/C13H30N2/c1-5-14-11-9-7-8-10-12-15(6-2)13(3)4/h13-14H,5-12H2,1-4H3. The fourth-order valence-electron chi connectivity index (χ4n) is 1.88. The maximum atomic E-state index is 3.37. The van der Waals surface area contributed by atoms with Crippen molar-refractivity contribution in [1.29, 1.82) is 0 Å². The first-order valence-electron chi connectivity index (χ1n) is 6.67. The van der Waals surface area contributed by atoms with Gasteiger partial charge in [-0.1, -0.05) is 26.7 Å². The topological polar surface area (TPSA) is 15.3 Å². The maximum Gasteiger partial charge on any atom is 0.00384 e. The Bertz CT molecular complexity index is 124. The van der Waals surface area contributed by atoms with Crippen LogP contribution >= 0.6 is 0 Å². The number of hydrogen-bond donors (Lipinski definition) is 1. The van der Waals surface area contributed by atoms with Gasteiger partial charge in [-0.3, -0.25) is 0 Å². The molecule has 1 N–H and O–H groups in total. The Morgan fingerprint density at radius 1 is 1.00 bits per heavy atom. The first-order valence-corrected chi connectivity index (χ1v) is 6.67. The van der Waals surface area contributed by atoms with E-state index in [1.54, 1.807) is 0 Å². The summed E-state index contributed by atoms with van der Waals surface area (Å²) in [5.74, 6) is 0. The third kappa shape index (κ3) is 8.88. The second-order valence-electron chi connectivity index (χ2n) is 4.49. The van der Waals surface area contributed by atoms with Gasteiger partial charge in [-0.25, -0.2) is 0 Å². The van der Waals surface area contributed by atoms with Crippen molar-refractivity contribution in [2.24, 2.45) is 0 Å². The Morgan fingerprint density at radius 2 is 1.67 bits per heavy atom. The van der Waals surface area contributed by atoms with Gasteiger partial charge in [0.05, 0.1) is 0 Å². The van der Waals surface area contributed by atoms with E-state index in [0.717, 1.165) is 6.54 Å². The highest BCUT2D eigenvalue weighted by molar-refractivity contribution is 4.60. The van der Waals surface area contributed by atoms with Crippen LogP contribution in [0.1, 0.15) is 53.4 Å². The minimum Gasteiger partial charge on any atom is -0.317 e. The molecule has 0 aromatic heterocycles. The van der Waals surface area contributed by atoms with E-state index in [4.69, 9.17) is 0 Å². The molecule has 0 saturated heterocycles. The molecule has 0 aliphatic heterocycles. The molecule has 0 aromatic rings. The number of rotatable bonds is 10. The molecule has 0 saturated carbocycles. The van der Waals surface area contributed by atoms with Gasteiger partial charge in [-0.2, -0.15) is 0 Å². The summed E-state index contributed by atoms with van der Waals surface area (Å²) < 4.78 is 0. The third-order valence-corrected chi connectivity index (χ3v) is 2.94. The monoisotopic (exact) mass is 214 g/mol. The van der Waals surface area contributed by atoms with Gasteiger partial charge >= 0.3 is 0 Å². The molecular weight excluding hydrogens is 184 g/mol. The van der Waals surface area contributed by atoms with Crippen molar-refractivity contribution in [2.75, 3.05) is 26.2 Å². The quantitative estimate of drug-likeness (QED) is 0.563. The first kappa shape index (κ1) is 14.9. The largest absolute Gasteiger partial charge is 0.317 e. The van der Waals surface area contributed by atoms with Crippen molar-refractivity contribution in [3.8, 4) is 0 Å². The smallest absolute Gasteiger partial charge is 0.00384 e. The zero-order chi connectivity index (χ0) is 11.5. The molecule has 0 fully saturated rings. The second-order valence-corrected chi connectivity index (χ2v) is 4.49. The summed E-state index contributed by atoms with van der Waals surface area (Å²) in [7, 11) is 0. The highest BCUT2D eigenvalue weighted by Gasteiger charge is 2.05. The Balaban J connectivity index is 3.22. The van der Waals surface area contributed by atoms with Crippen LogP contribution in [0.3, 0.4) is 0 Å². The van der Waals surface area contributed by atoms with Crippen molar-refractivity contribution < 1.29 is 0 Å². The molecular formula is C13H30N2. The van der Waals surface area contributed by atoms with E-state index in [1.807, 2.05) is 0 Å². The molecule has 2 nitrogen and oxygen atoms in total. The molecule has 0 amide bonds. The van der Waals surface area contributed by atoms with Crippen molar-refractivity contribution in [2.45, 2.75) is 59.4 Å². The molecule has 0 radical (unpaired) electrons. The molecule has 0 spiro atoms. The van der Waals surface area contributed by atoms with Gasteiger partial charge in [-0.15, -0.1) is 0 Å². The van der Waals surface area contributed by atoms with Crippen molar-refractivity contribution in [3.63, 3.8) is 0 Å². The van der Waals surface area contributed by atoms with E-state index in [1.165, 1.54) is 45.3 Å². The van der Waals surface area contributed by atoms with Gasteiger partial charge in [0.2, 0.25) is 0 Å². The van der Waals surface area contributed by atoms with E-state index < -0.39 is 0 Å². The van der Waals surface area contributed by atoms with Gasteiger partial charge in [0.25, 0.3) is 0 Å². The summed E-state index contributed by atoms with van der Waals surface area (Å²) in [6.45, 7) is 13.8. The lowest BCUT2D eigenvalue weighted by molar-refractivity contribution is 0.228. The van der Waals surface area contributed by atoms with E-state index in [0.29, 0.717) is 6.04 Å². The third-order valence-electron chi connectivity index (χ3n) is 2.94. The number of hydrogen-bond acceptors (Lipinski definition) is 2. The van der Waals surface area contributed by atoms with Crippen LogP contribution < -0.4 is 5.32 Å². The average Bonchev–Trinajstić information content (AvgIpc) is 2.21. The van der Waals surface area contributed by atoms with Crippen molar-refractivity contribution >= 4 is 0 Å². The Morgan fingerprint density at radius 3 is 2.20 bits per heavy atom. The molecule has 0 aromatic carbocycles. The Kier molecular flexibility index (Phi) is 10.4. The molecule has 0 aliphatic rings. The molecule has 0 aliphatic carbocycles. The lowest BCUT2D eigenvalue weighted by Gasteiger charge is -2.24. The van der Waals surface area contributed by atoms with Crippen LogP contribution in [0.4, 0.5) is 0 Å². The molecule has 92 valence electrons. The van der Waals surface area contributed by atoms with Gasteiger partial charge < -0.3 is 10.2 Å². The van der Waals surface area contributed by atoms with Crippen LogP contribution in [0.2, 0.25) is 0 Å². The summed E-state index contributed by atoms with van der Waals surface area (Å²) >= 11 is 0. The molecule has 15 heavy (non-hydrogen) atoms. The zero-order valence-electron chi connectivity index (χ0n) is 11.2. The highest BCUT2D eigenvalue weighted by Crippen LogP contribution is 2.04. The van der Waals surface area contributed by atoms with Crippen LogP contribution in [0.25, 0.3) is 0 Å². The minimum absolute atomic E-state index is 0.705. The summed E-state index contributed by atoms with van der Waals surface area (Å²) in [5.41, 5.74) is 0. The van der Waals surface area contributed by atoms with Crippen LogP contribution in [0.5, 0.6) is 0 Å². The molecule has 0 atom stereocenters. The van der Waals surface area contributed by atoms with E-state index in [2.05, 4.69) is 37.9 Å². The average molecular weight is 214 g/mol. The lowest BCUT2D eigenvalue weighted by Crippen LogP contribution is -2.31.